The van der Waals surface area contributed by atoms with Crippen molar-refractivity contribution in [3.63, 3.8) is 0 Å². The maximum Gasteiger partial charge on any atom is 0.407 e. The number of likely N-dealkylation sites (tertiary alicyclic amines) is 1. The fourth-order valence-corrected chi connectivity index (χ4v) is 5.62. The van der Waals surface area contributed by atoms with Gasteiger partial charge in [0, 0.05) is 25.4 Å². The van der Waals surface area contributed by atoms with Crippen molar-refractivity contribution in [3.05, 3.63) is 71.8 Å². The number of carbonyl (C=O) groups is 3. The lowest BCUT2D eigenvalue weighted by Gasteiger charge is -2.33. The summed E-state index contributed by atoms with van der Waals surface area (Å²) in [6.45, 7) is 1.43. The van der Waals surface area contributed by atoms with Gasteiger partial charge in [-0.05, 0) is 47.4 Å². The van der Waals surface area contributed by atoms with Gasteiger partial charge in [0.05, 0.1) is 12.0 Å². The number of carboxylic acid groups (broad SMARTS) is 1. The number of alkyl carbamates (subject to hydrolysis) is 1. The SMILES string of the molecule is O=C(O)CC1CCN(C(=O)C2C=CC(NC(=O)OCC3c4ccccc4-c4ccccc43)C2)CC1. The lowest BCUT2D eigenvalue weighted by atomic mass is 9.92. The van der Waals surface area contributed by atoms with Crippen LogP contribution in [0.2, 0.25) is 0 Å². The molecule has 0 aromatic heterocycles. The van der Waals surface area contributed by atoms with Gasteiger partial charge in [-0.1, -0.05) is 60.7 Å². The molecule has 1 aliphatic heterocycles. The first-order valence-electron chi connectivity index (χ1n) is 12.3. The van der Waals surface area contributed by atoms with Gasteiger partial charge in [-0.25, -0.2) is 4.79 Å². The summed E-state index contributed by atoms with van der Waals surface area (Å²) in [7, 11) is 0. The van der Waals surface area contributed by atoms with E-state index in [1.165, 1.54) is 22.3 Å². The Bertz CT molecular complexity index is 1110. The summed E-state index contributed by atoms with van der Waals surface area (Å²) in [5.41, 5.74) is 4.70. The highest BCUT2D eigenvalue weighted by Crippen LogP contribution is 2.44. The van der Waals surface area contributed by atoms with E-state index in [1.807, 2.05) is 41.3 Å². The van der Waals surface area contributed by atoms with Gasteiger partial charge in [-0.2, -0.15) is 0 Å². The van der Waals surface area contributed by atoms with Crippen LogP contribution in [-0.2, 0) is 14.3 Å². The van der Waals surface area contributed by atoms with Gasteiger partial charge >= 0.3 is 12.1 Å². The summed E-state index contributed by atoms with van der Waals surface area (Å²) in [6, 6.07) is 16.2. The highest BCUT2D eigenvalue weighted by Gasteiger charge is 2.33. The maximum atomic E-state index is 12.9. The molecule has 2 aromatic rings. The summed E-state index contributed by atoms with van der Waals surface area (Å²) in [5.74, 6) is -0.864. The van der Waals surface area contributed by atoms with E-state index >= 15 is 0 Å². The molecule has 7 heteroatoms. The minimum Gasteiger partial charge on any atom is -0.481 e. The van der Waals surface area contributed by atoms with Crippen molar-refractivity contribution < 1.29 is 24.2 Å². The number of ether oxygens (including phenoxy) is 1. The second kappa shape index (κ2) is 9.94. The van der Waals surface area contributed by atoms with Gasteiger partial charge in [-0.15, -0.1) is 0 Å². The number of piperidine rings is 1. The highest BCUT2D eigenvalue weighted by atomic mass is 16.5. The van der Waals surface area contributed by atoms with Crippen LogP contribution in [0.5, 0.6) is 0 Å². The topological polar surface area (TPSA) is 95.9 Å². The standard InChI is InChI=1S/C28H30N2O5/c31-26(32)15-18-11-13-30(14-12-18)27(33)19-9-10-20(16-19)29-28(34)35-17-25-23-7-3-1-5-21(23)22-6-2-4-8-24(22)25/h1-10,18-20,25H,11-17H2,(H,29,34)(H,31,32). The van der Waals surface area contributed by atoms with Crippen molar-refractivity contribution >= 4 is 18.0 Å². The Hall–Kier alpha value is -3.61. The fourth-order valence-electron chi connectivity index (χ4n) is 5.62. The molecule has 2 unspecified atom stereocenters. The minimum absolute atomic E-state index is 0.00523. The molecular formula is C28H30N2O5. The molecule has 7 nitrogen and oxygen atoms in total. The van der Waals surface area contributed by atoms with Crippen molar-refractivity contribution in [2.45, 2.75) is 37.6 Å². The number of fused-ring (bicyclic) bond motifs is 3. The predicted octanol–water partition coefficient (Wildman–Crippen LogP) is 4.18. The van der Waals surface area contributed by atoms with Gasteiger partial charge in [0.1, 0.15) is 6.61 Å². The van der Waals surface area contributed by atoms with Gasteiger partial charge in [0.15, 0.2) is 0 Å². The second-order valence-electron chi connectivity index (χ2n) is 9.67. The molecule has 2 N–H and O–H groups in total. The van der Waals surface area contributed by atoms with E-state index in [4.69, 9.17) is 9.84 Å². The summed E-state index contributed by atoms with van der Waals surface area (Å²) >= 11 is 0. The molecule has 0 spiro atoms. The summed E-state index contributed by atoms with van der Waals surface area (Å²) in [5, 5.41) is 11.8. The van der Waals surface area contributed by atoms with Crippen LogP contribution in [0.15, 0.2) is 60.7 Å². The number of carboxylic acids is 1. The molecule has 0 radical (unpaired) electrons. The number of nitrogens with one attached hydrogen (secondary N) is 1. The highest BCUT2D eigenvalue weighted by molar-refractivity contribution is 5.82. The third-order valence-corrected chi connectivity index (χ3v) is 7.44. The Labute approximate surface area is 204 Å². The lowest BCUT2D eigenvalue weighted by molar-refractivity contribution is -0.139. The van der Waals surface area contributed by atoms with Crippen LogP contribution in [0, 0.1) is 11.8 Å². The third-order valence-electron chi connectivity index (χ3n) is 7.44. The number of hydrogen-bond acceptors (Lipinski definition) is 4. The van der Waals surface area contributed by atoms with Crippen molar-refractivity contribution in [1.82, 2.24) is 10.2 Å². The molecule has 35 heavy (non-hydrogen) atoms. The average Bonchev–Trinajstić information content (AvgIpc) is 3.45. The van der Waals surface area contributed by atoms with Crippen LogP contribution < -0.4 is 5.32 Å². The van der Waals surface area contributed by atoms with Crippen LogP contribution in [0.1, 0.15) is 42.7 Å². The first-order valence-corrected chi connectivity index (χ1v) is 12.3. The average molecular weight is 475 g/mol. The Kier molecular flexibility index (Phi) is 6.57. The zero-order valence-corrected chi connectivity index (χ0v) is 19.6. The van der Waals surface area contributed by atoms with Crippen molar-refractivity contribution in [2.24, 2.45) is 11.8 Å². The Morgan fingerprint density at radius 1 is 0.943 bits per heavy atom. The molecule has 0 saturated carbocycles. The van der Waals surface area contributed by atoms with E-state index < -0.39 is 12.1 Å². The smallest absolute Gasteiger partial charge is 0.407 e. The number of amides is 2. The van der Waals surface area contributed by atoms with E-state index in [0.29, 0.717) is 19.5 Å². The van der Waals surface area contributed by atoms with E-state index in [0.717, 1.165) is 12.8 Å². The van der Waals surface area contributed by atoms with Gasteiger partial charge in [0.2, 0.25) is 5.91 Å². The molecule has 1 saturated heterocycles. The molecule has 2 aliphatic carbocycles. The zero-order valence-electron chi connectivity index (χ0n) is 19.6. The van der Waals surface area contributed by atoms with Crippen LogP contribution in [0.3, 0.4) is 0 Å². The van der Waals surface area contributed by atoms with Gasteiger partial charge < -0.3 is 20.1 Å². The second-order valence-corrected chi connectivity index (χ2v) is 9.67. The van der Waals surface area contributed by atoms with E-state index in [2.05, 4.69) is 29.6 Å². The van der Waals surface area contributed by atoms with Gasteiger partial charge in [0.25, 0.3) is 0 Å². The van der Waals surface area contributed by atoms with Crippen LogP contribution >= 0.6 is 0 Å². The van der Waals surface area contributed by atoms with Crippen molar-refractivity contribution in [2.75, 3.05) is 19.7 Å². The quantitative estimate of drug-likeness (QED) is 0.613. The molecular weight excluding hydrogens is 444 g/mol. The monoisotopic (exact) mass is 474 g/mol. The Balaban J connectivity index is 1.11. The van der Waals surface area contributed by atoms with Crippen LogP contribution in [0.4, 0.5) is 4.79 Å². The number of nitrogens with zero attached hydrogens (tertiary/aromatic N) is 1. The molecule has 5 rings (SSSR count). The Morgan fingerprint density at radius 2 is 1.57 bits per heavy atom. The number of hydrogen-bond donors (Lipinski definition) is 2. The molecule has 3 aliphatic rings. The number of carbonyl (C=O) groups excluding carboxylic acids is 2. The summed E-state index contributed by atoms with van der Waals surface area (Å²) < 4.78 is 5.63. The molecule has 2 amide bonds. The van der Waals surface area contributed by atoms with Crippen LogP contribution in [0.25, 0.3) is 11.1 Å². The zero-order chi connectivity index (χ0) is 24.4. The molecule has 1 heterocycles. The van der Waals surface area contributed by atoms with Crippen LogP contribution in [-0.4, -0.2) is 53.7 Å². The fraction of sp³-hybridized carbons (Fsp3) is 0.393. The van der Waals surface area contributed by atoms with Crippen molar-refractivity contribution in [3.8, 4) is 11.1 Å². The van der Waals surface area contributed by atoms with E-state index in [-0.39, 0.29) is 42.7 Å². The van der Waals surface area contributed by atoms with E-state index in [9.17, 15) is 14.4 Å². The number of benzene rings is 2. The molecule has 2 atom stereocenters. The number of rotatable bonds is 6. The predicted molar refractivity (Wildman–Crippen MR) is 131 cm³/mol. The normalized spacial score (nSPS) is 21.4. The summed E-state index contributed by atoms with van der Waals surface area (Å²) in [6.07, 6.45) is 5.35. The molecule has 182 valence electrons. The maximum absolute atomic E-state index is 12.9. The third kappa shape index (κ3) is 4.94. The molecule has 1 fully saturated rings. The number of aliphatic carboxylic acids is 1. The largest absolute Gasteiger partial charge is 0.481 e. The molecule has 0 bridgehead atoms. The first-order chi connectivity index (χ1) is 17.0. The minimum atomic E-state index is -0.782. The van der Waals surface area contributed by atoms with E-state index in [1.54, 1.807) is 0 Å². The molecule has 2 aromatic carbocycles. The Morgan fingerprint density at radius 3 is 2.20 bits per heavy atom. The van der Waals surface area contributed by atoms with Gasteiger partial charge in [-0.3, -0.25) is 9.59 Å². The van der Waals surface area contributed by atoms with Crippen molar-refractivity contribution in [1.29, 1.82) is 0 Å². The first kappa shape index (κ1) is 23.1. The summed E-state index contributed by atoms with van der Waals surface area (Å²) in [4.78, 5) is 38.2. The lowest BCUT2D eigenvalue weighted by Crippen LogP contribution is -2.42.